The molecule has 0 radical (unpaired) electrons. The van der Waals surface area contributed by atoms with E-state index in [-0.39, 0.29) is 30.4 Å². The van der Waals surface area contributed by atoms with Crippen molar-refractivity contribution in [3.05, 3.63) is 65.1 Å². The Kier molecular flexibility index (Phi) is 10.2. The van der Waals surface area contributed by atoms with Gasteiger partial charge in [0, 0.05) is 69.0 Å². The van der Waals surface area contributed by atoms with Crippen LogP contribution < -0.4 is 15.4 Å². The zero-order valence-corrected chi connectivity index (χ0v) is 23.7. The van der Waals surface area contributed by atoms with E-state index in [4.69, 9.17) is 10.5 Å². The van der Waals surface area contributed by atoms with Crippen LogP contribution >= 0.6 is 0 Å². The first-order valence-corrected chi connectivity index (χ1v) is 13.8. The van der Waals surface area contributed by atoms with Gasteiger partial charge >= 0.3 is 18.4 Å². The number of carbonyl (C=O) groups excluding carboxylic acids is 1. The molecule has 0 aromatic heterocycles. The predicted molar refractivity (Wildman–Crippen MR) is 150 cm³/mol. The van der Waals surface area contributed by atoms with Crippen LogP contribution in [0.4, 0.5) is 41.2 Å². The second-order valence-electron chi connectivity index (χ2n) is 10.7. The fourth-order valence-corrected chi connectivity index (χ4v) is 4.75. The molecule has 2 fully saturated rings. The number of aliphatic imine (C=N–C) groups is 1. The van der Waals surface area contributed by atoms with Gasteiger partial charge in [-0.3, -0.25) is 19.7 Å². The summed E-state index contributed by atoms with van der Waals surface area (Å²) in [6.45, 7) is 3.01. The van der Waals surface area contributed by atoms with Gasteiger partial charge in [-0.2, -0.15) is 26.3 Å². The highest BCUT2D eigenvalue weighted by Crippen LogP contribution is 2.44. The number of piperazine rings is 1. The number of hydrogen-bond acceptors (Lipinski definition) is 7. The molecule has 1 amide bonds. The highest BCUT2D eigenvalue weighted by atomic mass is 19.4. The van der Waals surface area contributed by atoms with E-state index in [1.54, 1.807) is 4.90 Å². The zero-order chi connectivity index (χ0) is 32.2. The third kappa shape index (κ3) is 8.48. The molecular formula is C29H32F7N5O3. The number of β-amino-alcohol motifs (C(OH)–C–C–N with tert-alkyl or cyclic N) is 1. The molecule has 240 valence electrons. The van der Waals surface area contributed by atoms with E-state index in [2.05, 4.69) is 9.89 Å². The van der Waals surface area contributed by atoms with Crippen molar-refractivity contribution in [3.8, 4) is 5.75 Å². The molecule has 1 heterocycles. The fourth-order valence-electron chi connectivity index (χ4n) is 4.75. The van der Waals surface area contributed by atoms with Crippen LogP contribution in [-0.4, -0.2) is 79.8 Å². The Morgan fingerprint density at radius 3 is 2.36 bits per heavy atom. The number of benzene rings is 2. The van der Waals surface area contributed by atoms with Gasteiger partial charge in [0.05, 0.1) is 17.7 Å². The van der Waals surface area contributed by atoms with Gasteiger partial charge in [-0.1, -0.05) is 0 Å². The lowest BCUT2D eigenvalue weighted by Gasteiger charge is -2.38. The smallest absolute Gasteiger partial charge is 0.409 e. The number of anilines is 1. The third-order valence-corrected chi connectivity index (χ3v) is 7.40. The first kappa shape index (κ1) is 33.2. The average Bonchev–Trinajstić information content (AvgIpc) is 3.77. The van der Waals surface area contributed by atoms with E-state index in [1.165, 1.54) is 12.8 Å². The van der Waals surface area contributed by atoms with Crippen LogP contribution in [0.2, 0.25) is 0 Å². The summed E-state index contributed by atoms with van der Waals surface area (Å²) in [5.74, 6) is -1.18. The van der Waals surface area contributed by atoms with Crippen molar-refractivity contribution < 1.29 is 45.4 Å². The molecule has 0 bridgehead atoms. The van der Waals surface area contributed by atoms with Crippen molar-refractivity contribution in [2.24, 2.45) is 16.6 Å². The molecule has 3 N–H and O–H groups in total. The Labute approximate surface area is 249 Å². The normalized spacial score (nSPS) is 19.0. The fraction of sp³-hybridized carbons (Fsp3) is 0.448. The molecule has 1 atom stereocenters. The van der Waals surface area contributed by atoms with Crippen LogP contribution in [0.15, 0.2) is 47.6 Å². The molecule has 2 aliphatic rings. The minimum atomic E-state index is -5.37. The number of carbonyl (C=O) groups is 1. The quantitative estimate of drug-likeness (QED) is 0.292. The molecule has 15 heteroatoms. The van der Waals surface area contributed by atoms with Crippen LogP contribution in [-0.2, 0) is 12.4 Å². The van der Waals surface area contributed by atoms with Gasteiger partial charge in [0.25, 0.3) is 0 Å². The van der Waals surface area contributed by atoms with E-state index in [9.17, 15) is 40.6 Å². The molecule has 1 saturated carbocycles. The maximum absolute atomic E-state index is 14.1. The maximum Gasteiger partial charge on any atom is 0.420 e. The standard InChI is InChI=1S/C29H32F7N5O3/c1-39(22-6-4-21(30)5-7-22)27(43)44-26-23(12-20(28(31,32)33)13-24(26)29(34,35)36)19(14-37)15-38-8-9-41-11-10-40(17-25(41)42)16-18-2-3-18/h4-7,12-15,18,25,42H,2-3,8-11,16-17,37H2,1H3. The Hall–Kier alpha value is -3.69. The summed E-state index contributed by atoms with van der Waals surface area (Å²) in [5, 5.41) is 10.5. The highest BCUT2D eigenvalue weighted by molar-refractivity contribution is 6.11. The number of aliphatic hydroxyl groups is 1. The Morgan fingerprint density at radius 1 is 1.11 bits per heavy atom. The van der Waals surface area contributed by atoms with Gasteiger partial charge in [0.15, 0.2) is 5.75 Å². The molecule has 1 unspecified atom stereocenters. The van der Waals surface area contributed by atoms with Gasteiger partial charge < -0.3 is 15.6 Å². The van der Waals surface area contributed by atoms with Crippen molar-refractivity contribution >= 4 is 23.6 Å². The number of nitrogens with zero attached hydrogens (tertiary/aromatic N) is 4. The van der Waals surface area contributed by atoms with Crippen molar-refractivity contribution in [1.82, 2.24) is 9.80 Å². The van der Waals surface area contributed by atoms with Crippen LogP contribution in [0.3, 0.4) is 0 Å². The number of rotatable bonds is 9. The number of hydrogen-bond donors (Lipinski definition) is 2. The minimum absolute atomic E-state index is 0.0462. The minimum Gasteiger partial charge on any atom is -0.409 e. The molecule has 1 saturated heterocycles. The summed E-state index contributed by atoms with van der Waals surface area (Å²) in [4.78, 5) is 21.7. The third-order valence-electron chi connectivity index (χ3n) is 7.40. The van der Waals surface area contributed by atoms with E-state index < -0.39 is 52.9 Å². The number of amides is 1. The predicted octanol–water partition coefficient (Wildman–Crippen LogP) is 5.21. The Bertz CT molecular complexity index is 1380. The SMILES string of the molecule is CN(C(=O)Oc1c(C(C=NCCN2CCN(CC3CC3)CC2O)=CN)cc(C(F)(F)F)cc1C(F)(F)F)c1ccc(F)cc1. The van der Waals surface area contributed by atoms with Crippen molar-refractivity contribution in [3.63, 3.8) is 0 Å². The summed E-state index contributed by atoms with van der Waals surface area (Å²) in [6, 6.07) is 4.57. The van der Waals surface area contributed by atoms with Gasteiger partial charge in [0.2, 0.25) is 0 Å². The zero-order valence-electron chi connectivity index (χ0n) is 23.7. The average molecular weight is 632 g/mol. The van der Waals surface area contributed by atoms with Gasteiger partial charge in [0.1, 0.15) is 12.0 Å². The second-order valence-corrected chi connectivity index (χ2v) is 10.7. The van der Waals surface area contributed by atoms with Crippen LogP contribution in [0.1, 0.15) is 29.5 Å². The summed E-state index contributed by atoms with van der Waals surface area (Å²) < 4.78 is 102. The van der Waals surface area contributed by atoms with Gasteiger partial charge in [-0.05, 0) is 55.2 Å². The molecule has 1 aliphatic carbocycles. The van der Waals surface area contributed by atoms with Crippen LogP contribution in [0.25, 0.3) is 5.57 Å². The van der Waals surface area contributed by atoms with Crippen LogP contribution in [0, 0.1) is 11.7 Å². The topological polar surface area (TPSA) is 94.6 Å². The number of alkyl halides is 6. The van der Waals surface area contributed by atoms with E-state index in [0.29, 0.717) is 25.1 Å². The number of allylic oxidation sites excluding steroid dienone is 1. The van der Waals surface area contributed by atoms with E-state index >= 15 is 0 Å². The molecule has 4 rings (SSSR count). The molecule has 2 aromatic carbocycles. The molecule has 8 nitrogen and oxygen atoms in total. The van der Waals surface area contributed by atoms with Crippen molar-refractivity contribution in [1.29, 1.82) is 0 Å². The highest BCUT2D eigenvalue weighted by Gasteiger charge is 2.41. The molecule has 2 aromatic rings. The molecule has 1 aliphatic heterocycles. The summed E-state index contributed by atoms with van der Waals surface area (Å²) in [7, 11) is 1.13. The lowest BCUT2D eigenvalue weighted by atomic mass is 9.98. The second kappa shape index (κ2) is 13.5. The molecular weight excluding hydrogens is 599 g/mol. The van der Waals surface area contributed by atoms with E-state index in [1.807, 2.05) is 0 Å². The van der Waals surface area contributed by atoms with E-state index in [0.717, 1.165) is 61.7 Å². The lowest BCUT2D eigenvalue weighted by Crippen LogP contribution is -2.54. The Balaban J connectivity index is 1.58. The van der Waals surface area contributed by atoms with Gasteiger partial charge in [-0.25, -0.2) is 9.18 Å². The first-order valence-electron chi connectivity index (χ1n) is 13.8. The molecule has 0 spiro atoms. The monoisotopic (exact) mass is 631 g/mol. The van der Waals surface area contributed by atoms with Crippen molar-refractivity contribution in [2.45, 2.75) is 31.4 Å². The van der Waals surface area contributed by atoms with Gasteiger partial charge in [-0.15, -0.1) is 0 Å². The number of nitrogens with two attached hydrogens (primary N) is 1. The summed E-state index contributed by atoms with van der Waals surface area (Å²) in [6.07, 6.45) is -8.56. The number of halogens is 7. The maximum atomic E-state index is 14.1. The largest absolute Gasteiger partial charge is 0.420 e. The summed E-state index contributed by atoms with van der Waals surface area (Å²) in [5.41, 5.74) is 1.04. The molecule has 44 heavy (non-hydrogen) atoms. The lowest BCUT2D eigenvalue weighted by molar-refractivity contribution is -0.143. The summed E-state index contributed by atoms with van der Waals surface area (Å²) >= 11 is 0. The number of ether oxygens (including phenoxy) is 1. The first-order chi connectivity index (χ1) is 20.7. The van der Waals surface area contributed by atoms with Crippen molar-refractivity contribution in [2.75, 3.05) is 51.2 Å². The van der Waals surface area contributed by atoms with Crippen LogP contribution in [0.5, 0.6) is 5.75 Å². The number of aliphatic hydroxyl groups excluding tert-OH is 1. The Morgan fingerprint density at radius 2 is 1.80 bits per heavy atom.